The zero-order chi connectivity index (χ0) is 12.2. The van der Waals surface area contributed by atoms with E-state index >= 15 is 0 Å². The molecule has 1 N–H and O–H groups in total. The van der Waals surface area contributed by atoms with Crippen molar-refractivity contribution < 1.29 is 22.5 Å². The topological polar surface area (TPSA) is 80.7 Å². The first-order valence-corrected chi connectivity index (χ1v) is 6.77. The molecule has 0 saturated heterocycles. The van der Waals surface area contributed by atoms with Crippen molar-refractivity contribution in [3.63, 3.8) is 0 Å². The van der Waals surface area contributed by atoms with E-state index in [1.54, 1.807) is 6.92 Å². The Hall–Kier alpha value is -0.880. The van der Waals surface area contributed by atoms with E-state index in [9.17, 15) is 13.2 Å². The molecule has 16 heavy (non-hydrogen) atoms. The molecule has 0 saturated carbocycles. The van der Waals surface area contributed by atoms with Crippen molar-refractivity contribution in [1.29, 1.82) is 0 Å². The molecule has 0 fully saturated rings. The first kappa shape index (κ1) is 13.2. The summed E-state index contributed by atoms with van der Waals surface area (Å²) < 4.78 is 36.1. The third kappa shape index (κ3) is 3.31. The molecule has 1 rings (SSSR count). The lowest BCUT2D eigenvalue weighted by molar-refractivity contribution is -0.138. The molecule has 0 amide bonds. The van der Waals surface area contributed by atoms with Crippen molar-refractivity contribution in [1.82, 2.24) is 0 Å². The summed E-state index contributed by atoms with van der Waals surface area (Å²) in [5.41, 5.74) is 0.113. The average molecular weight is 248 g/mol. The molecule has 0 unspecified atom stereocenters. The standard InChI is InChI=1S/C10H16O5S/c1-2-15-10(11)8-6-4-3-5-7-9(8)16(12,13)14/h2-7H2,1H3,(H,12,13,14). The fraction of sp³-hybridized carbons (Fsp3) is 0.700. The Kier molecular flexibility index (Phi) is 4.49. The summed E-state index contributed by atoms with van der Waals surface area (Å²) in [5.74, 6) is -0.628. The SMILES string of the molecule is CCOC(=O)C1=C(S(=O)(=O)O)CCCCC1. The first-order valence-electron chi connectivity index (χ1n) is 5.33. The number of allylic oxidation sites excluding steroid dienone is 1. The van der Waals surface area contributed by atoms with Crippen molar-refractivity contribution in [2.75, 3.05) is 6.61 Å². The van der Waals surface area contributed by atoms with Crippen LogP contribution in [0.2, 0.25) is 0 Å². The quantitative estimate of drug-likeness (QED) is 0.606. The second kappa shape index (κ2) is 5.45. The molecule has 1 aliphatic rings. The highest BCUT2D eigenvalue weighted by Gasteiger charge is 2.26. The number of hydrogen-bond donors (Lipinski definition) is 1. The molecule has 0 bridgehead atoms. The predicted molar refractivity (Wildman–Crippen MR) is 58.3 cm³/mol. The third-order valence-electron chi connectivity index (χ3n) is 2.50. The van der Waals surface area contributed by atoms with E-state index in [1.165, 1.54) is 0 Å². The van der Waals surface area contributed by atoms with E-state index in [4.69, 9.17) is 9.29 Å². The van der Waals surface area contributed by atoms with Crippen LogP contribution in [0, 0.1) is 0 Å². The number of hydrogen-bond acceptors (Lipinski definition) is 4. The Bertz CT molecular complexity index is 393. The molecular formula is C10H16O5S. The summed E-state index contributed by atoms with van der Waals surface area (Å²) >= 11 is 0. The fourth-order valence-electron chi connectivity index (χ4n) is 1.77. The smallest absolute Gasteiger partial charge is 0.335 e. The van der Waals surface area contributed by atoms with Gasteiger partial charge in [-0.05, 0) is 32.6 Å². The summed E-state index contributed by atoms with van der Waals surface area (Å²) in [4.78, 5) is 11.4. The lowest BCUT2D eigenvalue weighted by atomic mass is 10.1. The number of ether oxygens (including phenoxy) is 1. The molecule has 0 atom stereocenters. The normalized spacial score (nSPS) is 18.1. The van der Waals surface area contributed by atoms with Gasteiger partial charge in [0, 0.05) is 0 Å². The van der Waals surface area contributed by atoms with Crippen LogP contribution in [0.3, 0.4) is 0 Å². The molecule has 0 aromatic heterocycles. The number of esters is 1. The summed E-state index contributed by atoms with van der Waals surface area (Å²) in [7, 11) is -4.28. The van der Waals surface area contributed by atoms with Crippen LogP contribution in [0.4, 0.5) is 0 Å². The van der Waals surface area contributed by atoms with Crippen LogP contribution in [0.5, 0.6) is 0 Å². The van der Waals surface area contributed by atoms with Gasteiger partial charge in [-0.25, -0.2) is 4.79 Å². The molecule has 5 nitrogen and oxygen atoms in total. The number of carbonyl (C=O) groups excluding carboxylic acids is 1. The van der Waals surface area contributed by atoms with Gasteiger partial charge in [-0.2, -0.15) is 8.42 Å². The minimum atomic E-state index is -4.28. The maximum Gasteiger partial charge on any atom is 0.335 e. The fourth-order valence-corrected chi connectivity index (χ4v) is 2.67. The second-order valence-electron chi connectivity index (χ2n) is 3.66. The summed E-state index contributed by atoms with van der Waals surface area (Å²) in [6, 6.07) is 0. The Morgan fingerprint density at radius 1 is 1.31 bits per heavy atom. The van der Waals surface area contributed by atoms with E-state index in [-0.39, 0.29) is 23.5 Å². The zero-order valence-electron chi connectivity index (χ0n) is 9.23. The summed E-state index contributed by atoms with van der Waals surface area (Å²) in [6.45, 7) is 1.85. The number of rotatable bonds is 3. The van der Waals surface area contributed by atoms with Crippen LogP contribution in [0.1, 0.15) is 39.0 Å². The molecule has 92 valence electrons. The molecule has 1 aliphatic carbocycles. The maximum absolute atomic E-state index is 11.6. The lowest BCUT2D eigenvalue weighted by Gasteiger charge is -2.08. The highest BCUT2D eigenvalue weighted by molar-refractivity contribution is 7.89. The number of carbonyl (C=O) groups is 1. The van der Waals surface area contributed by atoms with Gasteiger partial charge in [-0.15, -0.1) is 0 Å². The van der Waals surface area contributed by atoms with E-state index < -0.39 is 16.1 Å². The highest BCUT2D eigenvalue weighted by Crippen LogP contribution is 2.27. The van der Waals surface area contributed by atoms with E-state index in [2.05, 4.69) is 0 Å². The van der Waals surface area contributed by atoms with Gasteiger partial charge < -0.3 is 4.74 Å². The van der Waals surface area contributed by atoms with Gasteiger partial charge in [0.1, 0.15) is 0 Å². The van der Waals surface area contributed by atoms with Crippen molar-refractivity contribution in [2.45, 2.75) is 39.0 Å². The molecule has 0 aromatic rings. The zero-order valence-corrected chi connectivity index (χ0v) is 10.0. The van der Waals surface area contributed by atoms with Gasteiger partial charge >= 0.3 is 5.97 Å². The summed E-state index contributed by atoms with van der Waals surface area (Å²) in [6.07, 6.45) is 2.83. The van der Waals surface area contributed by atoms with Crippen molar-refractivity contribution in [3.8, 4) is 0 Å². The molecular weight excluding hydrogens is 232 g/mol. The van der Waals surface area contributed by atoms with Crippen LogP contribution in [-0.2, 0) is 19.6 Å². The van der Waals surface area contributed by atoms with Gasteiger partial charge in [0.2, 0.25) is 0 Å². The average Bonchev–Trinajstić information content (AvgIpc) is 2.41. The molecule has 0 aromatic carbocycles. The van der Waals surface area contributed by atoms with Gasteiger partial charge in [-0.3, -0.25) is 4.55 Å². The van der Waals surface area contributed by atoms with E-state index in [1.807, 2.05) is 0 Å². The van der Waals surface area contributed by atoms with Crippen molar-refractivity contribution >= 4 is 16.1 Å². The van der Waals surface area contributed by atoms with Crippen LogP contribution in [0.15, 0.2) is 10.5 Å². The largest absolute Gasteiger partial charge is 0.463 e. The minimum absolute atomic E-state index is 0.113. The first-order chi connectivity index (χ1) is 7.46. The van der Waals surface area contributed by atoms with Crippen LogP contribution < -0.4 is 0 Å². The molecule has 0 radical (unpaired) electrons. The van der Waals surface area contributed by atoms with Gasteiger partial charge in [0.25, 0.3) is 10.1 Å². The monoisotopic (exact) mass is 248 g/mol. The third-order valence-corrected chi connectivity index (χ3v) is 3.57. The van der Waals surface area contributed by atoms with Crippen LogP contribution in [0.25, 0.3) is 0 Å². The van der Waals surface area contributed by atoms with Crippen molar-refractivity contribution in [3.05, 3.63) is 10.5 Å². The highest BCUT2D eigenvalue weighted by atomic mass is 32.2. The van der Waals surface area contributed by atoms with E-state index in [0.717, 1.165) is 12.8 Å². The van der Waals surface area contributed by atoms with E-state index in [0.29, 0.717) is 12.8 Å². The predicted octanol–water partition coefficient (Wildman–Crippen LogP) is 1.66. The van der Waals surface area contributed by atoms with Gasteiger partial charge in [0.15, 0.2) is 0 Å². The van der Waals surface area contributed by atoms with Crippen LogP contribution >= 0.6 is 0 Å². The minimum Gasteiger partial charge on any atom is -0.463 e. The van der Waals surface area contributed by atoms with Crippen molar-refractivity contribution in [2.24, 2.45) is 0 Å². The Morgan fingerprint density at radius 3 is 2.50 bits per heavy atom. The lowest BCUT2D eigenvalue weighted by Crippen LogP contribution is -2.14. The Morgan fingerprint density at radius 2 is 1.94 bits per heavy atom. The molecule has 6 heteroatoms. The Balaban J connectivity index is 3.11. The van der Waals surface area contributed by atoms with Gasteiger partial charge in [0.05, 0.1) is 17.1 Å². The summed E-state index contributed by atoms with van der Waals surface area (Å²) in [5, 5.41) is 0. The molecule has 0 spiro atoms. The molecule has 0 heterocycles. The second-order valence-corrected chi connectivity index (χ2v) is 5.10. The Labute approximate surface area is 95.2 Å². The maximum atomic E-state index is 11.6. The van der Waals surface area contributed by atoms with Gasteiger partial charge in [-0.1, -0.05) is 6.42 Å². The van der Waals surface area contributed by atoms with Crippen LogP contribution in [-0.4, -0.2) is 25.5 Å². The molecule has 0 aliphatic heterocycles.